The molecule has 5 nitrogen and oxygen atoms in total. The zero-order valence-corrected chi connectivity index (χ0v) is 13.1. The third-order valence-electron chi connectivity index (χ3n) is 4.09. The van der Waals surface area contributed by atoms with Crippen molar-refractivity contribution in [3.63, 3.8) is 0 Å². The number of rotatable bonds is 4. The van der Waals surface area contributed by atoms with Gasteiger partial charge in [-0.2, -0.15) is 0 Å². The van der Waals surface area contributed by atoms with Crippen LogP contribution in [0.4, 0.5) is 0 Å². The van der Waals surface area contributed by atoms with Gasteiger partial charge in [-0.1, -0.05) is 0 Å². The molecule has 0 N–H and O–H groups in total. The van der Waals surface area contributed by atoms with Crippen molar-refractivity contribution < 1.29 is 4.74 Å². The van der Waals surface area contributed by atoms with Gasteiger partial charge in [0.25, 0.3) is 0 Å². The molecule has 0 unspecified atom stereocenters. The largest absolute Gasteiger partial charge is 0.436 e. The average Bonchev–Trinajstić information content (AvgIpc) is 2.56. The van der Waals surface area contributed by atoms with Crippen molar-refractivity contribution in [2.45, 2.75) is 38.6 Å². The molecule has 0 saturated carbocycles. The average molecular weight is 298 g/mol. The van der Waals surface area contributed by atoms with E-state index in [0.717, 1.165) is 18.7 Å². The Labute approximate surface area is 131 Å². The van der Waals surface area contributed by atoms with Crippen LogP contribution < -0.4 is 4.74 Å². The Morgan fingerprint density at radius 1 is 1.23 bits per heavy atom. The van der Waals surface area contributed by atoms with Crippen molar-refractivity contribution in [2.24, 2.45) is 0 Å². The first-order valence-corrected chi connectivity index (χ1v) is 7.86. The highest BCUT2D eigenvalue weighted by molar-refractivity contribution is 5.23. The van der Waals surface area contributed by atoms with E-state index in [9.17, 15) is 0 Å². The lowest BCUT2D eigenvalue weighted by molar-refractivity contribution is 0.166. The molecular formula is C17H22N4O. The van der Waals surface area contributed by atoms with Crippen molar-refractivity contribution in [1.29, 1.82) is 0 Å². The molecule has 0 amide bonds. The lowest BCUT2D eigenvalue weighted by Gasteiger charge is -2.35. The minimum absolute atomic E-state index is 0.432. The van der Waals surface area contributed by atoms with Crippen molar-refractivity contribution in [3.8, 4) is 11.6 Å². The number of nitrogens with zero attached hydrogens (tertiary/aromatic N) is 4. The van der Waals surface area contributed by atoms with E-state index in [1.807, 2.05) is 18.3 Å². The van der Waals surface area contributed by atoms with Gasteiger partial charge in [-0.15, -0.1) is 0 Å². The van der Waals surface area contributed by atoms with E-state index in [4.69, 9.17) is 4.74 Å². The maximum atomic E-state index is 5.73. The molecule has 0 spiro atoms. The molecular weight excluding hydrogens is 276 g/mol. The molecule has 1 aliphatic rings. The summed E-state index contributed by atoms with van der Waals surface area (Å²) in [5.41, 5.74) is 1.02. The van der Waals surface area contributed by atoms with Crippen LogP contribution in [0, 0.1) is 0 Å². The normalized spacial score (nSPS) is 19.3. The van der Waals surface area contributed by atoms with Crippen LogP contribution >= 0.6 is 0 Å². The second kappa shape index (κ2) is 6.83. The molecule has 116 valence electrons. The van der Waals surface area contributed by atoms with Crippen LogP contribution in [0.3, 0.4) is 0 Å². The monoisotopic (exact) mass is 298 g/mol. The Bertz CT molecular complexity index is 603. The molecule has 2 aromatic rings. The van der Waals surface area contributed by atoms with Gasteiger partial charge in [0.15, 0.2) is 0 Å². The molecule has 1 saturated heterocycles. The molecule has 0 aliphatic carbocycles. The third kappa shape index (κ3) is 3.60. The smallest absolute Gasteiger partial charge is 0.238 e. The second-order valence-electron chi connectivity index (χ2n) is 6.00. The molecule has 1 atom stereocenters. The van der Waals surface area contributed by atoms with Gasteiger partial charge in [0.05, 0.1) is 18.1 Å². The van der Waals surface area contributed by atoms with Crippen LogP contribution in [0.2, 0.25) is 0 Å². The lowest BCUT2D eigenvalue weighted by atomic mass is 9.94. The van der Waals surface area contributed by atoms with E-state index < -0.39 is 0 Å². The molecule has 1 aliphatic heterocycles. The first kappa shape index (κ1) is 14.9. The fraction of sp³-hybridized carbons (Fsp3) is 0.471. The maximum absolute atomic E-state index is 5.73. The number of ether oxygens (including phenoxy) is 1. The molecule has 2 aromatic heterocycles. The first-order valence-electron chi connectivity index (χ1n) is 7.86. The highest BCUT2D eigenvalue weighted by atomic mass is 16.5. The third-order valence-corrected chi connectivity index (χ3v) is 4.09. The Hall–Kier alpha value is -2.01. The summed E-state index contributed by atoms with van der Waals surface area (Å²) in [6.45, 7) is 6.71. The quantitative estimate of drug-likeness (QED) is 0.867. The fourth-order valence-electron chi connectivity index (χ4n) is 2.85. The summed E-state index contributed by atoms with van der Waals surface area (Å²) in [4.78, 5) is 15.5. The second-order valence-corrected chi connectivity index (χ2v) is 6.00. The molecule has 3 heterocycles. The highest BCUT2D eigenvalue weighted by Gasteiger charge is 2.24. The van der Waals surface area contributed by atoms with Gasteiger partial charge < -0.3 is 9.64 Å². The molecule has 1 fully saturated rings. The molecule has 5 heteroatoms. The number of piperidine rings is 1. The summed E-state index contributed by atoms with van der Waals surface area (Å²) in [5, 5.41) is 0. The standard InChI is InChI=1S/C17H22N4O/c1-13(2)21-8-4-5-14(12-21)16-10-19-11-17(20-16)22-15-6-3-7-18-9-15/h3,6-7,9-11,13-14H,4-5,8,12H2,1-2H3/t14-/m1/s1. The number of hydrogen-bond donors (Lipinski definition) is 0. The van der Waals surface area contributed by atoms with Crippen LogP contribution in [0.5, 0.6) is 11.6 Å². The number of pyridine rings is 1. The fourth-order valence-corrected chi connectivity index (χ4v) is 2.85. The Balaban J connectivity index is 1.73. The SMILES string of the molecule is CC(C)N1CCC[C@@H](c2cncc(Oc3cccnc3)n2)C1. The van der Waals surface area contributed by atoms with E-state index in [1.54, 1.807) is 18.6 Å². The summed E-state index contributed by atoms with van der Waals surface area (Å²) in [6, 6.07) is 4.28. The summed E-state index contributed by atoms with van der Waals surface area (Å²) in [5.74, 6) is 1.65. The zero-order chi connectivity index (χ0) is 15.4. The molecule has 0 aromatic carbocycles. The zero-order valence-electron chi connectivity index (χ0n) is 13.1. The van der Waals surface area contributed by atoms with E-state index in [0.29, 0.717) is 23.6 Å². The summed E-state index contributed by atoms with van der Waals surface area (Å²) < 4.78 is 5.73. The highest BCUT2D eigenvalue weighted by Crippen LogP contribution is 2.28. The first-order chi connectivity index (χ1) is 10.7. The van der Waals surface area contributed by atoms with E-state index in [1.165, 1.54) is 13.0 Å². The Kier molecular flexibility index (Phi) is 4.63. The van der Waals surface area contributed by atoms with Gasteiger partial charge in [-0.05, 0) is 45.4 Å². The van der Waals surface area contributed by atoms with Gasteiger partial charge in [0, 0.05) is 30.9 Å². The molecule has 0 radical (unpaired) electrons. The molecule has 3 rings (SSSR count). The predicted molar refractivity (Wildman–Crippen MR) is 85.0 cm³/mol. The molecule has 22 heavy (non-hydrogen) atoms. The van der Waals surface area contributed by atoms with Crippen LogP contribution in [-0.2, 0) is 0 Å². The van der Waals surface area contributed by atoms with Gasteiger partial charge in [0.1, 0.15) is 5.75 Å². The number of likely N-dealkylation sites (tertiary alicyclic amines) is 1. The van der Waals surface area contributed by atoms with Gasteiger partial charge in [-0.3, -0.25) is 9.97 Å². The van der Waals surface area contributed by atoms with Crippen molar-refractivity contribution in [2.75, 3.05) is 13.1 Å². The molecule has 0 bridgehead atoms. The van der Waals surface area contributed by atoms with Crippen LogP contribution in [-0.4, -0.2) is 39.0 Å². The van der Waals surface area contributed by atoms with Gasteiger partial charge in [0.2, 0.25) is 5.88 Å². The summed E-state index contributed by atoms with van der Waals surface area (Å²) in [6.07, 6.45) is 9.28. The van der Waals surface area contributed by atoms with Crippen molar-refractivity contribution in [1.82, 2.24) is 19.9 Å². The van der Waals surface area contributed by atoms with Crippen LogP contribution in [0.25, 0.3) is 0 Å². The van der Waals surface area contributed by atoms with E-state index >= 15 is 0 Å². The number of hydrogen-bond acceptors (Lipinski definition) is 5. The minimum Gasteiger partial charge on any atom is -0.436 e. The number of aromatic nitrogens is 3. The van der Waals surface area contributed by atoms with Crippen molar-refractivity contribution in [3.05, 3.63) is 42.6 Å². The lowest BCUT2D eigenvalue weighted by Crippen LogP contribution is -2.39. The maximum Gasteiger partial charge on any atom is 0.238 e. The van der Waals surface area contributed by atoms with E-state index in [-0.39, 0.29) is 0 Å². The topological polar surface area (TPSA) is 51.1 Å². The van der Waals surface area contributed by atoms with E-state index in [2.05, 4.69) is 33.7 Å². The van der Waals surface area contributed by atoms with Gasteiger partial charge >= 0.3 is 0 Å². The summed E-state index contributed by atoms with van der Waals surface area (Å²) >= 11 is 0. The predicted octanol–water partition coefficient (Wildman–Crippen LogP) is 3.25. The van der Waals surface area contributed by atoms with Crippen LogP contribution in [0.1, 0.15) is 38.3 Å². The van der Waals surface area contributed by atoms with Gasteiger partial charge in [-0.25, -0.2) is 4.98 Å². The Morgan fingerprint density at radius 2 is 2.14 bits per heavy atom. The Morgan fingerprint density at radius 3 is 2.91 bits per heavy atom. The minimum atomic E-state index is 0.432. The van der Waals surface area contributed by atoms with Crippen LogP contribution in [0.15, 0.2) is 36.9 Å². The summed E-state index contributed by atoms with van der Waals surface area (Å²) in [7, 11) is 0. The van der Waals surface area contributed by atoms with Crippen molar-refractivity contribution >= 4 is 0 Å².